The van der Waals surface area contributed by atoms with Gasteiger partial charge in [-0.15, -0.1) is 13.2 Å². The molecular formula is C2H4BF2. The van der Waals surface area contributed by atoms with Crippen molar-refractivity contribution in [3.8, 4) is 0 Å². The van der Waals surface area contributed by atoms with Gasteiger partial charge in [-0.1, -0.05) is 0 Å². The first-order valence-corrected chi connectivity index (χ1v) is 0.936. The summed E-state index contributed by atoms with van der Waals surface area (Å²) in [5, 5.41) is 0. The van der Waals surface area contributed by atoms with Gasteiger partial charge in [0.15, 0.2) is 0 Å². The molecule has 0 unspecified atom stereocenters. The molecule has 0 aromatic rings. The van der Waals surface area contributed by atoms with Crippen molar-refractivity contribution in [2.45, 2.75) is 0 Å². The van der Waals surface area contributed by atoms with Crippen LogP contribution in [0.2, 0.25) is 0 Å². The first kappa shape index (κ1) is 8.82. The zero-order valence-corrected chi connectivity index (χ0v) is 2.75. The molecule has 0 heterocycles. The van der Waals surface area contributed by atoms with E-state index in [1.165, 1.54) is 0 Å². The molecule has 0 rings (SSSR count). The summed E-state index contributed by atoms with van der Waals surface area (Å²) in [5.74, 6) is 0. The van der Waals surface area contributed by atoms with Crippen molar-refractivity contribution in [3.05, 3.63) is 13.2 Å². The Morgan fingerprint density at radius 3 is 1.20 bits per heavy atom. The van der Waals surface area contributed by atoms with Gasteiger partial charge in [0.1, 0.15) is 0 Å². The van der Waals surface area contributed by atoms with Crippen LogP contribution in [0.1, 0.15) is 0 Å². The van der Waals surface area contributed by atoms with E-state index in [-0.39, 0.29) is 0 Å². The van der Waals surface area contributed by atoms with Crippen LogP contribution >= 0.6 is 0 Å². The van der Waals surface area contributed by atoms with Crippen LogP contribution in [0.5, 0.6) is 0 Å². The molecule has 0 bridgehead atoms. The van der Waals surface area contributed by atoms with E-state index in [1.54, 1.807) is 0 Å². The largest absolute Gasteiger partial charge is 0.577 e. The summed E-state index contributed by atoms with van der Waals surface area (Å²) >= 11 is 0. The fourth-order valence-corrected chi connectivity index (χ4v) is 0. The van der Waals surface area contributed by atoms with E-state index < -0.39 is 7.83 Å². The van der Waals surface area contributed by atoms with E-state index in [0.29, 0.717) is 0 Å². The quantitative estimate of drug-likeness (QED) is 0.301. The van der Waals surface area contributed by atoms with Crippen LogP contribution in [-0.4, -0.2) is 7.83 Å². The Kier molecular flexibility index (Phi) is 104. The normalized spacial score (nSPS) is 3.60. The summed E-state index contributed by atoms with van der Waals surface area (Å²) in [5.41, 5.74) is 0. The molecule has 0 saturated heterocycles. The van der Waals surface area contributed by atoms with E-state index in [4.69, 9.17) is 0 Å². The smallest absolute Gasteiger partial charge is 0.289 e. The van der Waals surface area contributed by atoms with Crippen LogP contribution in [0.25, 0.3) is 0 Å². The van der Waals surface area contributed by atoms with E-state index in [9.17, 15) is 8.63 Å². The lowest BCUT2D eigenvalue weighted by atomic mass is 10.6. The van der Waals surface area contributed by atoms with Gasteiger partial charge < -0.3 is 0 Å². The van der Waals surface area contributed by atoms with E-state index in [2.05, 4.69) is 13.2 Å². The second kappa shape index (κ2) is 58.9. The van der Waals surface area contributed by atoms with E-state index in [0.717, 1.165) is 0 Å². The maximum absolute atomic E-state index is 9.50. The van der Waals surface area contributed by atoms with Crippen LogP contribution < -0.4 is 0 Å². The average molecular weight is 76.9 g/mol. The molecule has 0 amide bonds. The van der Waals surface area contributed by atoms with Crippen molar-refractivity contribution in [3.63, 3.8) is 0 Å². The Morgan fingerprint density at radius 2 is 1.20 bits per heavy atom. The first-order valence-electron chi connectivity index (χ1n) is 0.936. The molecule has 0 saturated carbocycles. The van der Waals surface area contributed by atoms with Crippen LogP contribution in [0.3, 0.4) is 0 Å². The standard InChI is InChI=1S/C2H4.BF2/c1-2;2-1-3/h1-2H2;. The third-order valence-corrected chi connectivity index (χ3v) is 0. The highest BCUT2D eigenvalue weighted by Crippen LogP contribution is 1.49. The molecule has 0 aliphatic heterocycles. The minimum atomic E-state index is -1.00. The van der Waals surface area contributed by atoms with Gasteiger partial charge in [-0.2, -0.15) is 0 Å². The van der Waals surface area contributed by atoms with Gasteiger partial charge in [-0.25, -0.2) is 0 Å². The summed E-state index contributed by atoms with van der Waals surface area (Å²) < 4.78 is 19.0. The predicted molar refractivity (Wildman–Crippen MR) is 19.2 cm³/mol. The Balaban J connectivity index is 0. The van der Waals surface area contributed by atoms with E-state index in [1.807, 2.05) is 0 Å². The molecule has 0 aliphatic rings. The molecule has 0 fully saturated rings. The van der Waals surface area contributed by atoms with Crippen molar-refractivity contribution in [1.29, 1.82) is 0 Å². The van der Waals surface area contributed by atoms with Gasteiger partial charge in [0.25, 0.3) is 0 Å². The molecule has 0 nitrogen and oxygen atoms in total. The third-order valence-electron chi connectivity index (χ3n) is 0. The highest BCUT2D eigenvalue weighted by molar-refractivity contribution is 6.15. The Morgan fingerprint density at radius 1 is 1.20 bits per heavy atom. The number of hydrogen-bond donors (Lipinski definition) is 0. The molecule has 0 aromatic heterocycles. The Bertz CT molecular complexity index is 11.6. The molecule has 29 valence electrons. The van der Waals surface area contributed by atoms with Crippen molar-refractivity contribution >= 4 is 7.83 Å². The number of halogens is 2. The lowest BCUT2D eigenvalue weighted by Gasteiger charge is -1.33. The topological polar surface area (TPSA) is 0 Å². The minimum Gasteiger partial charge on any atom is -0.289 e. The van der Waals surface area contributed by atoms with Crippen LogP contribution in [0.15, 0.2) is 13.2 Å². The fourth-order valence-electron chi connectivity index (χ4n) is 0. The maximum Gasteiger partial charge on any atom is 0.577 e. The highest BCUT2D eigenvalue weighted by Gasteiger charge is 1.62. The van der Waals surface area contributed by atoms with Crippen molar-refractivity contribution in [2.75, 3.05) is 0 Å². The van der Waals surface area contributed by atoms with Gasteiger partial charge >= 0.3 is 7.83 Å². The van der Waals surface area contributed by atoms with Gasteiger partial charge in [0.2, 0.25) is 0 Å². The SMILES string of the molecule is C=C.F[B]F. The molecule has 1 radical (unpaired) electrons. The van der Waals surface area contributed by atoms with Crippen molar-refractivity contribution in [2.24, 2.45) is 0 Å². The average Bonchev–Trinajstić information content (AvgIpc) is 1.46. The third kappa shape index (κ3) is 90.5. The second-order valence-corrected chi connectivity index (χ2v) is 0.0825. The summed E-state index contributed by atoms with van der Waals surface area (Å²) in [6, 6.07) is 0. The molecule has 0 aliphatic carbocycles. The lowest BCUT2D eigenvalue weighted by molar-refractivity contribution is 0.712. The van der Waals surface area contributed by atoms with Crippen LogP contribution in [-0.2, 0) is 0 Å². The molecular weight excluding hydrogens is 72.8 g/mol. The Labute approximate surface area is 30.8 Å². The van der Waals surface area contributed by atoms with Crippen molar-refractivity contribution in [1.82, 2.24) is 0 Å². The molecule has 3 heteroatoms. The molecule has 0 N–H and O–H groups in total. The summed E-state index contributed by atoms with van der Waals surface area (Å²) in [7, 11) is -1.00. The first-order chi connectivity index (χ1) is 2.41. The van der Waals surface area contributed by atoms with Gasteiger partial charge in [0, 0.05) is 0 Å². The van der Waals surface area contributed by atoms with Gasteiger partial charge in [0.05, 0.1) is 0 Å². The maximum atomic E-state index is 9.50. The van der Waals surface area contributed by atoms with Crippen LogP contribution in [0, 0.1) is 0 Å². The minimum absolute atomic E-state index is 1.00. The monoisotopic (exact) mass is 77.0 g/mol. The molecule has 0 atom stereocenters. The molecule has 0 aromatic carbocycles. The number of hydrogen-bond acceptors (Lipinski definition) is 0. The predicted octanol–water partition coefficient (Wildman–Crippen LogP) is 1.26. The van der Waals surface area contributed by atoms with Gasteiger partial charge in [-0.3, -0.25) is 8.63 Å². The summed E-state index contributed by atoms with van der Waals surface area (Å²) in [4.78, 5) is 0. The lowest BCUT2D eigenvalue weighted by Crippen LogP contribution is -1.45. The Hall–Kier alpha value is -0.335. The zero-order valence-electron chi connectivity index (χ0n) is 2.75. The number of rotatable bonds is 0. The summed E-state index contributed by atoms with van der Waals surface area (Å²) in [6.07, 6.45) is 0. The molecule has 5 heavy (non-hydrogen) atoms. The van der Waals surface area contributed by atoms with E-state index >= 15 is 0 Å². The second-order valence-electron chi connectivity index (χ2n) is 0.0825. The van der Waals surface area contributed by atoms with Crippen molar-refractivity contribution < 1.29 is 8.63 Å². The highest BCUT2D eigenvalue weighted by atomic mass is 19.2. The fraction of sp³-hybridized carbons (Fsp3) is 0. The summed E-state index contributed by atoms with van der Waals surface area (Å²) in [6.45, 7) is 6.00. The molecule has 0 spiro atoms. The van der Waals surface area contributed by atoms with Gasteiger partial charge in [-0.05, 0) is 0 Å². The van der Waals surface area contributed by atoms with Crippen LogP contribution in [0.4, 0.5) is 8.63 Å². The zero-order chi connectivity index (χ0) is 4.71.